The molecule has 1 heterocycles. The summed E-state index contributed by atoms with van der Waals surface area (Å²) in [5, 5.41) is 13.2. The van der Waals surface area contributed by atoms with Crippen LogP contribution in [0.15, 0.2) is 94.5 Å². The summed E-state index contributed by atoms with van der Waals surface area (Å²) in [6, 6.07) is 27.4. The summed E-state index contributed by atoms with van der Waals surface area (Å²) in [4.78, 5) is 21.0. The maximum Gasteiger partial charge on any atom is 0.303 e. The number of nitrogens with zero attached hydrogens (tertiary/aromatic N) is 2. The average Bonchev–Trinajstić information content (AvgIpc) is 3.32. The molecule has 38 heavy (non-hydrogen) atoms. The van der Waals surface area contributed by atoms with Crippen LogP contribution < -0.4 is 4.74 Å². The number of aliphatic carboxylic acids is 1. The third-order valence-corrected chi connectivity index (χ3v) is 6.03. The zero-order chi connectivity index (χ0) is 26.6. The maximum atomic E-state index is 10.7. The minimum atomic E-state index is -0.757. The fourth-order valence-corrected chi connectivity index (χ4v) is 3.90. The van der Waals surface area contributed by atoms with Gasteiger partial charge in [-0.25, -0.2) is 4.98 Å². The van der Waals surface area contributed by atoms with E-state index in [-0.39, 0.29) is 6.42 Å². The van der Waals surface area contributed by atoms with E-state index in [1.807, 2.05) is 91.9 Å². The van der Waals surface area contributed by atoms with Crippen LogP contribution in [0.5, 0.6) is 5.75 Å². The summed E-state index contributed by atoms with van der Waals surface area (Å²) in [5.41, 5.74) is 4.54. The highest BCUT2D eigenvalue weighted by Gasteiger charge is 2.12. The molecule has 0 fully saturated rings. The third-order valence-electron chi connectivity index (χ3n) is 6.03. The Labute approximate surface area is 222 Å². The van der Waals surface area contributed by atoms with Crippen LogP contribution in [0.4, 0.5) is 0 Å². The summed E-state index contributed by atoms with van der Waals surface area (Å²) in [5.74, 6) is 1.30. The quantitative estimate of drug-likeness (QED) is 0.109. The number of rotatable bonds is 14. The molecule has 0 aliphatic rings. The number of ether oxygens (including phenoxy) is 1. The van der Waals surface area contributed by atoms with Gasteiger partial charge in [-0.05, 0) is 61.6 Å². The van der Waals surface area contributed by atoms with Crippen molar-refractivity contribution in [2.45, 2.75) is 52.2 Å². The number of unbranched alkanes of at least 4 members (excludes halogenated alkanes) is 2. The van der Waals surface area contributed by atoms with Crippen molar-refractivity contribution < 1.29 is 23.9 Å². The average molecular weight is 513 g/mol. The number of carboxylic acid groups (broad SMARTS) is 1. The van der Waals surface area contributed by atoms with Crippen molar-refractivity contribution in [3.63, 3.8) is 0 Å². The number of aromatic nitrogens is 1. The van der Waals surface area contributed by atoms with Crippen LogP contribution in [-0.4, -0.2) is 21.8 Å². The molecule has 0 spiro atoms. The minimum absolute atomic E-state index is 0.195. The first-order valence-electron chi connectivity index (χ1n) is 12.8. The van der Waals surface area contributed by atoms with E-state index in [0.717, 1.165) is 58.9 Å². The van der Waals surface area contributed by atoms with Crippen LogP contribution in [0.1, 0.15) is 54.7 Å². The predicted molar refractivity (Wildman–Crippen MR) is 146 cm³/mol. The van der Waals surface area contributed by atoms with E-state index in [9.17, 15) is 4.79 Å². The van der Waals surface area contributed by atoms with Gasteiger partial charge in [-0.1, -0.05) is 72.2 Å². The van der Waals surface area contributed by atoms with Gasteiger partial charge in [0.05, 0.1) is 5.71 Å². The number of hydrogen-bond donors (Lipinski definition) is 1. The Balaban J connectivity index is 1.29. The molecule has 0 unspecified atom stereocenters. The molecule has 0 atom stereocenters. The molecular weight excluding hydrogens is 480 g/mol. The van der Waals surface area contributed by atoms with Crippen LogP contribution in [-0.2, 0) is 22.8 Å². The molecule has 0 bridgehead atoms. The summed E-state index contributed by atoms with van der Waals surface area (Å²) in [7, 11) is 0. The Hall–Kier alpha value is -4.39. The van der Waals surface area contributed by atoms with Crippen molar-refractivity contribution in [1.82, 2.24) is 4.98 Å². The van der Waals surface area contributed by atoms with Crippen LogP contribution in [0.2, 0.25) is 0 Å². The van der Waals surface area contributed by atoms with Gasteiger partial charge in [0.25, 0.3) is 0 Å². The highest BCUT2D eigenvalue weighted by molar-refractivity contribution is 6.00. The summed E-state index contributed by atoms with van der Waals surface area (Å²) < 4.78 is 11.7. The topological polar surface area (TPSA) is 94.2 Å². The number of hydrogen-bond acceptors (Lipinski definition) is 6. The van der Waals surface area contributed by atoms with Crippen molar-refractivity contribution in [3.05, 3.63) is 108 Å². The highest BCUT2D eigenvalue weighted by Crippen LogP contribution is 2.23. The van der Waals surface area contributed by atoms with Gasteiger partial charge < -0.3 is 19.1 Å². The molecule has 7 nitrogen and oxygen atoms in total. The second-order valence-corrected chi connectivity index (χ2v) is 8.95. The molecule has 4 aromatic rings. The summed E-state index contributed by atoms with van der Waals surface area (Å²) >= 11 is 0. The van der Waals surface area contributed by atoms with Crippen molar-refractivity contribution >= 4 is 11.7 Å². The highest BCUT2D eigenvalue weighted by atomic mass is 16.6. The fourth-order valence-electron chi connectivity index (χ4n) is 3.90. The van der Waals surface area contributed by atoms with Crippen molar-refractivity contribution in [2.75, 3.05) is 0 Å². The molecule has 196 valence electrons. The molecule has 7 heteroatoms. The molecule has 0 amide bonds. The summed E-state index contributed by atoms with van der Waals surface area (Å²) in [6.07, 6.45) is 3.27. The van der Waals surface area contributed by atoms with E-state index in [2.05, 4.69) is 10.1 Å². The van der Waals surface area contributed by atoms with Crippen LogP contribution in [0.3, 0.4) is 0 Å². The first kappa shape index (κ1) is 26.7. The van der Waals surface area contributed by atoms with Crippen LogP contribution in [0.25, 0.3) is 11.5 Å². The lowest BCUT2D eigenvalue weighted by Gasteiger charge is -2.08. The molecule has 0 aliphatic heterocycles. The zero-order valence-corrected chi connectivity index (χ0v) is 21.5. The van der Waals surface area contributed by atoms with Crippen LogP contribution >= 0.6 is 0 Å². The monoisotopic (exact) mass is 512 g/mol. The second-order valence-electron chi connectivity index (χ2n) is 8.95. The van der Waals surface area contributed by atoms with Gasteiger partial charge in [-0.3, -0.25) is 4.79 Å². The standard InChI is InChI=1S/C31H32N2O5/c1-23-29(32-31(38-23)26-13-7-3-8-14-26)22-36-27-19-17-24(18-20-27)21-37-33-28(25-11-5-2-6-12-25)15-9-4-10-16-30(34)35/h2-3,5-8,11-14,17-20H,4,9-10,15-16,21-22H2,1H3,(H,34,35)/b33-28+. The molecule has 1 N–H and O–H groups in total. The van der Waals surface area contributed by atoms with Crippen molar-refractivity contribution in [1.29, 1.82) is 0 Å². The van der Waals surface area contributed by atoms with Gasteiger partial charge in [0, 0.05) is 12.0 Å². The normalized spacial score (nSPS) is 11.3. The largest absolute Gasteiger partial charge is 0.487 e. The Morgan fingerprint density at radius 3 is 2.26 bits per heavy atom. The van der Waals surface area contributed by atoms with Crippen molar-refractivity contribution in [2.24, 2.45) is 5.16 Å². The third kappa shape index (κ3) is 8.06. The Morgan fingerprint density at radius 1 is 0.868 bits per heavy atom. The lowest BCUT2D eigenvalue weighted by Crippen LogP contribution is -2.03. The predicted octanol–water partition coefficient (Wildman–Crippen LogP) is 7.19. The molecular formula is C31H32N2O5. The number of aryl methyl sites for hydroxylation is 1. The van der Waals surface area contributed by atoms with E-state index >= 15 is 0 Å². The maximum absolute atomic E-state index is 10.7. The number of carboxylic acids is 1. The van der Waals surface area contributed by atoms with Gasteiger partial charge in [0.15, 0.2) is 0 Å². The first-order chi connectivity index (χ1) is 18.6. The molecule has 1 aromatic heterocycles. The second kappa shape index (κ2) is 13.8. The number of carbonyl (C=O) groups is 1. The SMILES string of the molecule is Cc1oc(-c2ccccc2)nc1COc1ccc(CO/N=C(\CCCCCC(=O)O)c2ccccc2)cc1. The minimum Gasteiger partial charge on any atom is -0.487 e. The van der Waals surface area contributed by atoms with Crippen LogP contribution in [0, 0.1) is 6.92 Å². The zero-order valence-electron chi connectivity index (χ0n) is 21.5. The van der Waals surface area contributed by atoms with E-state index in [1.165, 1.54) is 0 Å². The molecule has 0 aliphatic carbocycles. The van der Waals surface area contributed by atoms with Gasteiger partial charge in [-0.2, -0.15) is 0 Å². The lowest BCUT2D eigenvalue weighted by atomic mass is 10.0. The fraction of sp³-hybridized carbons (Fsp3) is 0.258. The van der Waals surface area contributed by atoms with Gasteiger partial charge in [0.2, 0.25) is 5.89 Å². The Kier molecular flexibility index (Phi) is 9.68. The van der Waals surface area contributed by atoms with Gasteiger partial charge >= 0.3 is 5.97 Å². The molecule has 0 saturated carbocycles. The number of benzene rings is 3. The molecule has 0 radical (unpaired) electrons. The number of oxazole rings is 1. The molecule has 3 aromatic carbocycles. The van der Waals surface area contributed by atoms with E-state index in [4.69, 9.17) is 19.1 Å². The first-order valence-corrected chi connectivity index (χ1v) is 12.8. The van der Waals surface area contributed by atoms with Gasteiger partial charge in [-0.15, -0.1) is 0 Å². The molecule has 4 rings (SSSR count). The van der Waals surface area contributed by atoms with Gasteiger partial charge in [0.1, 0.15) is 30.4 Å². The Bertz CT molecular complexity index is 1320. The number of oxime groups is 1. The van der Waals surface area contributed by atoms with E-state index in [0.29, 0.717) is 25.5 Å². The van der Waals surface area contributed by atoms with E-state index < -0.39 is 5.97 Å². The smallest absolute Gasteiger partial charge is 0.303 e. The Morgan fingerprint density at radius 2 is 1.55 bits per heavy atom. The lowest BCUT2D eigenvalue weighted by molar-refractivity contribution is -0.137. The van der Waals surface area contributed by atoms with Crippen molar-refractivity contribution in [3.8, 4) is 17.2 Å². The summed E-state index contributed by atoms with van der Waals surface area (Å²) in [6.45, 7) is 2.53. The molecule has 0 saturated heterocycles. The van der Waals surface area contributed by atoms with E-state index in [1.54, 1.807) is 0 Å².